The molecule has 0 aliphatic carbocycles. The molecule has 0 spiro atoms. The van der Waals surface area contributed by atoms with Gasteiger partial charge in [-0.25, -0.2) is 0 Å². The maximum absolute atomic E-state index is 12.2. The average Bonchev–Trinajstić information content (AvgIpc) is 2.27. The molecule has 0 saturated carbocycles. The van der Waals surface area contributed by atoms with E-state index in [2.05, 4.69) is 23.9 Å². The summed E-state index contributed by atoms with van der Waals surface area (Å²) in [6, 6.07) is 7.04. The molecule has 0 amide bonds. The minimum absolute atomic E-state index is 0.199. The van der Waals surface area contributed by atoms with Gasteiger partial charge in [-0.05, 0) is 25.0 Å². The minimum Gasteiger partial charge on any atom is -0.433 e. The SMILES string of the molecule is CCC(CC)Nc1ccccc1OC(F)F. The van der Waals surface area contributed by atoms with Gasteiger partial charge in [0.1, 0.15) is 5.75 Å². The van der Waals surface area contributed by atoms with Crippen LogP contribution in [0, 0.1) is 0 Å². The summed E-state index contributed by atoms with van der Waals surface area (Å²) >= 11 is 0. The molecule has 2 nitrogen and oxygen atoms in total. The van der Waals surface area contributed by atoms with E-state index in [1.807, 2.05) is 0 Å². The molecule has 90 valence electrons. The van der Waals surface area contributed by atoms with Gasteiger partial charge in [-0.15, -0.1) is 0 Å². The zero-order chi connectivity index (χ0) is 12.0. The van der Waals surface area contributed by atoms with Crippen molar-refractivity contribution in [2.45, 2.75) is 39.3 Å². The van der Waals surface area contributed by atoms with Crippen molar-refractivity contribution in [1.82, 2.24) is 0 Å². The zero-order valence-electron chi connectivity index (χ0n) is 9.54. The largest absolute Gasteiger partial charge is 0.433 e. The van der Waals surface area contributed by atoms with E-state index in [1.165, 1.54) is 6.07 Å². The number of hydrogen-bond acceptors (Lipinski definition) is 2. The molecule has 0 radical (unpaired) electrons. The second kappa shape index (κ2) is 6.30. The quantitative estimate of drug-likeness (QED) is 0.799. The van der Waals surface area contributed by atoms with Crippen molar-refractivity contribution in [2.24, 2.45) is 0 Å². The van der Waals surface area contributed by atoms with Crippen molar-refractivity contribution < 1.29 is 13.5 Å². The Balaban J connectivity index is 2.77. The van der Waals surface area contributed by atoms with Crippen LogP contribution in [0.25, 0.3) is 0 Å². The van der Waals surface area contributed by atoms with Crippen molar-refractivity contribution >= 4 is 5.69 Å². The Labute approximate surface area is 94.6 Å². The van der Waals surface area contributed by atoms with Crippen LogP contribution in [0.1, 0.15) is 26.7 Å². The molecule has 0 heterocycles. The second-order valence-corrected chi connectivity index (χ2v) is 3.53. The lowest BCUT2D eigenvalue weighted by Gasteiger charge is -2.18. The average molecular weight is 229 g/mol. The van der Waals surface area contributed by atoms with Crippen molar-refractivity contribution in [3.8, 4) is 5.75 Å². The predicted molar refractivity (Wildman–Crippen MR) is 61.1 cm³/mol. The highest BCUT2D eigenvalue weighted by Gasteiger charge is 2.11. The lowest BCUT2D eigenvalue weighted by molar-refractivity contribution is -0.0493. The monoisotopic (exact) mass is 229 g/mol. The van der Waals surface area contributed by atoms with Gasteiger partial charge in [0.15, 0.2) is 0 Å². The van der Waals surface area contributed by atoms with Crippen LogP contribution in [-0.2, 0) is 0 Å². The van der Waals surface area contributed by atoms with Gasteiger partial charge in [-0.1, -0.05) is 26.0 Å². The molecule has 1 N–H and O–H groups in total. The van der Waals surface area contributed by atoms with Gasteiger partial charge in [-0.2, -0.15) is 8.78 Å². The summed E-state index contributed by atoms with van der Waals surface area (Å²) in [6.45, 7) is 1.32. The molecule has 1 rings (SSSR count). The molecular weight excluding hydrogens is 212 g/mol. The third kappa shape index (κ3) is 3.68. The number of para-hydroxylation sites is 2. The summed E-state index contributed by atoms with van der Waals surface area (Å²) in [7, 11) is 0. The van der Waals surface area contributed by atoms with E-state index in [4.69, 9.17) is 0 Å². The Hall–Kier alpha value is -1.32. The summed E-state index contributed by atoms with van der Waals surface area (Å²) in [5.74, 6) is 0.199. The van der Waals surface area contributed by atoms with Crippen LogP contribution in [0.5, 0.6) is 5.75 Å². The molecule has 0 atom stereocenters. The van der Waals surface area contributed by atoms with Crippen LogP contribution in [0.3, 0.4) is 0 Å². The van der Waals surface area contributed by atoms with Crippen molar-refractivity contribution in [2.75, 3.05) is 5.32 Å². The van der Waals surface area contributed by atoms with Gasteiger partial charge in [0.2, 0.25) is 0 Å². The summed E-state index contributed by atoms with van der Waals surface area (Å²) in [5, 5.41) is 3.19. The molecule has 0 aliphatic rings. The van der Waals surface area contributed by atoms with Crippen LogP contribution in [0.2, 0.25) is 0 Å². The molecule has 0 aliphatic heterocycles. The highest BCUT2D eigenvalue weighted by Crippen LogP contribution is 2.26. The Bertz CT molecular complexity index is 314. The fraction of sp³-hybridized carbons (Fsp3) is 0.500. The summed E-state index contributed by atoms with van der Waals surface area (Å²) in [4.78, 5) is 0. The van der Waals surface area contributed by atoms with E-state index in [0.29, 0.717) is 5.69 Å². The Morgan fingerprint density at radius 3 is 2.38 bits per heavy atom. The van der Waals surface area contributed by atoms with Gasteiger partial charge in [0.25, 0.3) is 0 Å². The smallest absolute Gasteiger partial charge is 0.387 e. The van der Waals surface area contributed by atoms with Gasteiger partial charge < -0.3 is 10.1 Å². The fourth-order valence-corrected chi connectivity index (χ4v) is 1.50. The lowest BCUT2D eigenvalue weighted by Crippen LogP contribution is -2.18. The van der Waals surface area contributed by atoms with Crippen molar-refractivity contribution in [3.63, 3.8) is 0 Å². The van der Waals surface area contributed by atoms with Crippen LogP contribution in [0.4, 0.5) is 14.5 Å². The number of ether oxygens (including phenoxy) is 1. The van der Waals surface area contributed by atoms with E-state index in [-0.39, 0.29) is 11.8 Å². The molecular formula is C12H17F2NO. The third-order valence-corrected chi connectivity index (χ3v) is 2.45. The normalized spacial score (nSPS) is 10.9. The highest BCUT2D eigenvalue weighted by molar-refractivity contribution is 5.56. The van der Waals surface area contributed by atoms with Gasteiger partial charge in [0, 0.05) is 6.04 Å². The van der Waals surface area contributed by atoms with E-state index in [0.717, 1.165) is 12.8 Å². The molecule has 4 heteroatoms. The molecule has 1 aromatic carbocycles. The number of hydrogen-bond donors (Lipinski definition) is 1. The van der Waals surface area contributed by atoms with Crippen molar-refractivity contribution in [3.05, 3.63) is 24.3 Å². The van der Waals surface area contributed by atoms with Crippen LogP contribution >= 0.6 is 0 Å². The molecule has 0 aromatic heterocycles. The number of alkyl halides is 2. The summed E-state index contributed by atoms with van der Waals surface area (Å²) in [6.07, 6.45) is 1.89. The Morgan fingerprint density at radius 1 is 1.19 bits per heavy atom. The highest BCUT2D eigenvalue weighted by atomic mass is 19.3. The zero-order valence-corrected chi connectivity index (χ0v) is 9.54. The maximum Gasteiger partial charge on any atom is 0.387 e. The first-order valence-corrected chi connectivity index (χ1v) is 5.47. The van der Waals surface area contributed by atoms with E-state index in [1.54, 1.807) is 18.2 Å². The number of halogens is 2. The first-order valence-electron chi connectivity index (χ1n) is 5.47. The number of benzene rings is 1. The molecule has 0 bridgehead atoms. The Kier molecular flexibility index (Phi) is 5.02. The van der Waals surface area contributed by atoms with Gasteiger partial charge in [-0.3, -0.25) is 0 Å². The number of rotatable bonds is 6. The van der Waals surface area contributed by atoms with Gasteiger partial charge >= 0.3 is 6.61 Å². The molecule has 0 fully saturated rings. The van der Waals surface area contributed by atoms with Gasteiger partial charge in [0.05, 0.1) is 5.69 Å². The topological polar surface area (TPSA) is 21.3 Å². The first-order chi connectivity index (χ1) is 7.67. The van der Waals surface area contributed by atoms with Crippen LogP contribution in [0.15, 0.2) is 24.3 Å². The molecule has 16 heavy (non-hydrogen) atoms. The van der Waals surface area contributed by atoms with Crippen LogP contribution < -0.4 is 10.1 Å². The Morgan fingerprint density at radius 2 is 1.81 bits per heavy atom. The minimum atomic E-state index is -2.79. The molecule has 0 unspecified atom stereocenters. The summed E-state index contributed by atoms with van der Waals surface area (Å²) in [5.41, 5.74) is 0.622. The van der Waals surface area contributed by atoms with E-state index in [9.17, 15) is 8.78 Å². The van der Waals surface area contributed by atoms with E-state index >= 15 is 0 Å². The number of anilines is 1. The molecule has 0 saturated heterocycles. The van der Waals surface area contributed by atoms with Crippen LogP contribution in [-0.4, -0.2) is 12.7 Å². The second-order valence-electron chi connectivity index (χ2n) is 3.53. The standard InChI is InChI=1S/C12H17F2NO/c1-3-9(4-2)15-10-7-5-6-8-11(10)16-12(13)14/h5-9,12,15H,3-4H2,1-2H3. The van der Waals surface area contributed by atoms with E-state index < -0.39 is 6.61 Å². The first kappa shape index (κ1) is 12.7. The maximum atomic E-state index is 12.2. The summed E-state index contributed by atoms with van der Waals surface area (Å²) < 4.78 is 28.7. The fourth-order valence-electron chi connectivity index (χ4n) is 1.50. The number of nitrogens with one attached hydrogen (secondary N) is 1. The third-order valence-electron chi connectivity index (χ3n) is 2.45. The predicted octanol–water partition coefficient (Wildman–Crippen LogP) is 3.89. The van der Waals surface area contributed by atoms with Crippen molar-refractivity contribution in [1.29, 1.82) is 0 Å². The molecule has 1 aromatic rings. The lowest BCUT2D eigenvalue weighted by atomic mass is 10.1.